The van der Waals surface area contributed by atoms with Gasteiger partial charge in [-0.2, -0.15) is 5.26 Å². The summed E-state index contributed by atoms with van der Waals surface area (Å²) in [7, 11) is 0. The van der Waals surface area contributed by atoms with Crippen LogP contribution in [0, 0.1) is 23.2 Å². The van der Waals surface area contributed by atoms with Crippen LogP contribution in [-0.4, -0.2) is 12.6 Å². The number of nitriles is 1. The zero-order valence-corrected chi connectivity index (χ0v) is 12.4. The molecule has 1 aliphatic carbocycles. The number of allylic oxidation sites excluding steroid dienone is 4. The second-order valence-electron chi connectivity index (χ2n) is 5.20. The number of carbonyl (C=O) groups excluding carboxylic acids is 1. The fourth-order valence-corrected chi connectivity index (χ4v) is 2.99. The molecular weight excluding hydrogens is 268 g/mol. The van der Waals surface area contributed by atoms with E-state index in [4.69, 9.17) is 15.2 Å². The van der Waals surface area contributed by atoms with Gasteiger partial charge in [0.1, 0.15) is 11.8 Å². The zero-order chi connectivity index (χ0) is 15.4. The number of carbonyl (C=O) groups is 1. The van der Waals surface area contributed by atoms with Gasteiger partial charge in [0.2, 0.25) is 5.88 Å². The number of rotatable bonds is 3. The highest BCUT2D eigenvalue weighted by Gasteiger charge is 2.39. The van der Waals surface area contributed by atoms with Crippen LogP contribution >= 0.6 is 0 Å². The molecule has 2 N–H and O–H groups in total. The highest BCUT2D eigenvalue weighted by atomic mass is 16.5. The largest absolute Gasteiger partial charge is 0.463 e. The SMILES string of the molecule is CCOC(=O)C1=C(C)OC(N)=C(C#N)[C@H]1[C@@H]1CC=CCC1. The molecule has 0 amide bonds. The van der Waals surface area contributed by atoms with E-state index in [0.29, 0.717) is 16.9 Å². The third kappa shape index (κ3) is 2.94. The van der Waals surface area contributed by atoms with Crippen LogP contribution in [0.3, 0.4) is 0 Å². The van der Waals surface area contributed by atoms with E-state index in [9.17, 15) is 10.1 Å². The molecule has 0 aromatic carbocycles. The quantitative estimate of drug-likeness (QED) is 0.637. The van der Waals surface area contributed by atoms with Gasteiger partial charge < -0.3 is 15.2 Å². The summed E-state index contributed by atoms with van der Waals surface area (Å²) in [5.74, 6) is -0.0592. The molecular formula is C16H20N2O3. The lowest BCUT2D eigenvalue weighted by molar-refractivity contribution is -0.139. The molecule has 2 rings (SSSR count). The van der Waals surface area contributed by atoms with E-state index in [1.165, 1.54) is 0 Å². The summed E-state index contributed by atoms with van der Waals surface area (Å²) in [6.07, 6.45) is 6.88. The van der Waals surface area contributed by atoms with Gasteiger partial charge in [-0.05, 0) is 39.0 Å². The highest BCUT2D eigenvalue weighted by molar-refractivity contribution is 5.91. The minimum Gasteiger partial charge on any atom is -0.463 e. The maximum absolute atomic E-state index is 12.3. The van der Waals surface area contributed by atoms with E-state index in [-0.39, 0.29) is 24.3 Å². The first-order valence-electron chi connectivity index (χ1n) is 7.20. The smallest absolute Gasteiger partial charge is 0.338 e. The summed E-state index contributed by atoms with van der Waals surface area (Å²) in [6.45, 7) is 3.73. The van der Waals surface area contributed by atoms with Crippen LogP contribution in [0.4, 0.5) is 0 Å². The first kappa shape index (κ1) is 15.2. The van der Waals surface area contributed by atoms with Crippen molar-refractivity contribution in [2.75, 3.05) is 6.61 Å². The Morgan fingerprint density at radius 2 is 2.33 bits per heavy atom. The second-order valence-corrected chi connectivity index (χ2v) is 5.20. The van der Waals surface area contributed by atoms with E-state index in [1.807, 2.05) is 0 Å². The molecule has 1 aliphatic heterocycles. The van der Waals surface area contributed by atoms with Gasteiger partial charge in [-0.15, -0.1) is 0 Å². The predicted octanol–water partition coefficient (Wildman–Crippen LogP) is 2.52. The van der Waals surface area contributed by atoms with Gasteiger partial charge in [-0.1, -0.05) is 12.2 Å². The molecule has 0 radical (unpaired) electrons. The molecule has 2 aliphatic rings. The Morgan fingerprint density at radius 1 is 1.57 bits per heavy atom. The van der Waals surface area contributed by atoms with Crippen LogP contribution < -0.4 is 5.73 Å². The minimum absolute atomic E-state index is 0.0996. The minimum atomic E-state index is -0.421. The lowest BCUT2D eigenvalue weighted by Crippen LogP contribution is -2.32. The Morgan fingerprint density at radius 3 is 2.90 bits per heavy atom. The van der Waals surface area contributed by atoms with Crippen molar-refractivity contribution < 1.29 is 14.3 Å². The molecule has 0 aromatic rings. The monoisotopic (exact) mass is 288 g/mol. The molecule has 2 atom stereocenters. The molecule has 5 heteroatoms. The first-order valence-corrected chi connectivity index (χ1v) is 7.20. The molecule has 0 unspecified atom stereocenters. The summed E-state index contributed by atoms with van der Waals surface area (Å²) < 4.78 is 10.5. The zero-order valence-electron chi connectivity index (χ0n) is 12.4. The third-order valence-electron chi connectivity index (χ3n) is 3.93. The van der Waals surface area contributed by atoms with Crippen LogP contribution in [0.15, 0.2) is 34.9 Å². The van der Waals surface area contributed by atoms with Gasteiger partial charge in [0, 0.05) is 5.92 Å². The van der Waals surface area contributed by atoms with Crippen molar-refractivity contribution in [3.63, 3.8) is 0 Å². The normalized spacial score (nSPS) is 25.4. The van der Waals surface area contributed by atoms with Crippen molar-refractivity contribution >= 4 is 5.97 Å². The first-order chi connectivity index (χ1) is 10.1. The van der Waals surface area contributed by atoms with E-state index < -0.39 is 5.97 Å². The van der Waals surface area contributed by atoms with E-state index in [0.717, 1.165) is 19.3 Å². The lowest BCUT2D eigenvalue weighted by Gasteiger charge is -2.33. The fraction of sp³-hybridized carbons (Fsp3) is 0.500. The third-order valence-corrected chi connectivity index (χ3v) is 3.93. The van der Waals surface area contributed by atoms with Crippen molar-refractivity contribution in [3.05, 3.63) is 34.9 Å². The molecule has 21 heavy (non-hydrogen) atoms. The number of hydrogen-bond acceptors (Lipinski definition) is 5. The molecule has 1 heterocycles. The lowest BCUT2D eigenvalue weighted by atomic mass is 9.74. The number of hydrogen-bond donors (Lipinski definition) is 1. The highest BCUT2D eigenvalue weighted by Crippen LogP contribution is 2.41. The van der Waals surface area contributed by atoms with Crippen LogP contribution in [0.1, 0.15) is 33.1 Å². The van der Waals surface area contributed by atoms with Crippen molar-refractivity contribution in [3.8, 4) is 6.07 Å². The fourth-order valence-electron chi connectivity index (χ4n) is 2.99. The molecule has 0 saturated heterocycles. The van der Waals surface area contributed by atoms with Gasteiger partial charge in [0.05, 0.1) is 17.8 Å². The molecule has 5 nitrogen and oxygen atoms in total. The Labute approximate surface area is 124 Å². The Hall–Kier alpha value is -2.22. The van der Waals surface area contributed by atoms with Gasteiger partial charge >= 0.3 is 5.97 Å². The molecule has 0 spiro atoms. The van der Waals surface area contributed by atoms with Crippen LogP contribution in [0.25, 0.3) is 0 Å². The van der Waals surface area contributed by atoms with E-state index in [2.05, 4.69) is 18.2 Å². The molecule has 0 saturated carbocycles. The maximum Gasteiger partial charge on any atom is 0.338 e. The van der Waals surface area contributed by atoms with Crippen LogP contribution in [0.2, 0.25) is 0 Å². The summed E-state index contributed by atoms with van der Waals surface area (Å²) in [5.41, 5.74) is 6.61. The Bertz CT molecular complexity index is 567. The standard InChI is InChI=1S/C16H20N2O3/c1-3-20-16(19)13-10(2)21-15(18)12(9-17)14(13)11-7-5-4-6-8-11/h4-5,11,14H,3,6-8,18H2,1-2H3/t11-,14-/m1/s1. The molecule has 0 bridgehead atoms. The van der Waals surface area contributed by atoms with Gasteiger partial charge in [-0.3, -0.25) is 0 Å². The second kappa shape index (κ2) is 6.49. The number of esters is 1. The predicted molar refractivity (Wildman–Crippen MR) is 77.2 cm³/mol. The number of nitrogens with two attached hydrogens (primary N) is 1. The van der Waals surface area contributed by atoms with Gasteiger partial charge in [0.25, 0.3) is 0 Å². The van der Waals surface area contributed by atoms with Crippen molar-refractivity contribution in [1.82, 2.24) is 0 Å². The maximum atomic E-state index is 12.3. The average molecular weight is 288 g/mol. The Balaban J connectivity index is 2.44. The summed E-state index contributed by atoms with van der Waals surface area (Å²) >= 11 is 0. The van der Waals surface area contributed by atoms with Gasteiger partial charge in [-0.25, -0.2) is 4.79 Å². The summed E-state index contributed by atoms with van der Waals surface area (Å²) in [5, 5.41) is 9.42. The molecule has 0 fully saturated rings. The van der Waals surface area contributed by atoms with Crippen LogP contribution in [-0.2, 0) is 14.3 Å². The van der Waals surface area contributed by atoms with Crippen molar-refractivity contribution in [1.29, 1.82) is 5.26 Å². The number of nitrogens with zero attached hydrogens (tertiary/aromatic N) is 1. The van der Waals surface area contributed by atoms with E-state index >= 15 is 0 Å². The van der Waals surface area contributed by atoms with E-state index in [1.54, 1.807) is 13.8 Å². The van der Waals surface area contributed by atoms with Crippen molar-refractivity contribution in [2.24, 2.45) is 17.6 Å². The van der Waals surface area contributed by atoms with Crippen molar-refractivity contribution in [2.45, 2.75) is 33.1 Å². The summed E-state index contributed by atoms with van der Waals surface area (Å²) in [6, 6.07) is 2.11. The summed E-state index contributed by atoms with van der Waals surface area (Å²) in [4.78, 5) is 12.3. The van der Waals surface area contributed by atoms with Gasteiger partial charge in [0.15, 0.2) is 0 Å². The topological polar surface area (TPSA) is 85.3 Å². The van der Waals surface area contributed by atoms with Crippen LogP contribution in [0.5, 0.6) is 0 Å². The number of ether oxygens (including phenoxy) is 2. The Kier molecular flexibility index (Phi) is 4.69. The molecule has 112 valence electrons. The average Bonchev–Trinajstić information content (AvgIpc) is 2.47. The molecule has 0 aromatic heterocycles.